The fraction of sp³-hybridized carbons (Fsp3) is 0.500. The number of anilines is 1. The maximum atomic E-state index is 13.3. The number of aromatic nitrogens is 1. The molecule has 2 aromatic rings. The summed E-state index contributed by atoms with van der Waals surface area (Å²) in [6, 6.07) is 8.94. The molecular formula is C24H32N4O4S. The first-order valence-electron chi connectivity index (χ1n) is 11.6. The molecule has 1 aromatic heterocycles. The molecule has 2 amide bonds. The third kappa shape index (κ3) is 5.14. The summed E-state index contributed by atoms with van der Waals surface area (Å²) in [5.74, 6) is -0.168. The van der Waals surface area contributed by atoms with Gasteiger partial charge in [-0.25, -0.2) is 8.42 Å². The minimum absolute atomic E-state index is 0.0659. The van der Waals surface area contributed by atoms with Crippen LogP contribution in [0.25, 0.3) is 0 Å². The van der Waals surface area contributed by atoms with E-state index >= 15 is 0 Å². The lowest BCUT2D eigenvalue weighted by molar-refractivity contribution is -0.120. The predicted octanol–water partition coefficient (Wildman–Crippen LogP) is 3.23. The minimum Gasteiger partial charge on any atom is -0.356 e. The molecule has 2 aliphatic rings. The Hall–Kier alpha value is -2.65. The van der Waals surface area contributed by atoms with Crippen LogP contribution < -0.4 is 5.32 Å². The number of carbonyl (C=O) groups is 2. The largest absolute Gasteiger partial charge is 0.356 e. The van der Waals surface area contributed by atoms with E-state index < -0.39 is 15.9 Å². The summed E-state index contributed by atoms with van der Waals surface area (Å²) in [5, 5.41) is 2.93. The first kappa shape index (κ1) is 23.5. The van der Waals surface area contributed by atoms with E-state index in [-0.39, 0.29) is 28.9 Å². The van der Waals surface area contributed by atoms with Gasteiger partial charge in [0, 0.05) is 38.1 Å². The van der Waals surface area contributed by atoms with Crippen molar-refractivity contribution in [2.75, 3.05) is 31.5 Å². The maximum absolute atomic E-state index is 13.3. The van der Waals surface area contributed by atoms with E-state index in [0.717, 1.165) is 24.1 Å². The number of nitrogens with one attached hydrogen (secondary N) is 2. The second-order valence-electron chi connectivity index (χ2n) is 9.23. The van der Waals surface area contributed by atoms with Crippen molar-refractivity contribution >= 4 is 27.5 Å². The number of amides is 2. The molecule has 2 saturated heterocycles. The van der Waals surface area contributed by atoms with Crippen LogP contribution in [0.2, 0.25) is 0 Å². The highest BCUT2D eigenvalue weighted by Crippen LogP contribution is 2.26. The third-order valence-corrected chi connectivity index (χ3v) is 8.60. The van der Waals surface area contributed by atoms with E-state index in [4.69, 9.17) is 0 Å². The van der Waals surface area contributed by atoms with Gasteiger partial charge in [0.1, 0.15) is 10.6 Å². The summed E-state index contributed by atoms with van der Waals surface area (Å²) in [4.78, 5) is 30.3. The molecule has 0 saturated carbocycles. The zero-order chi connectivity index (χ0) is 23.6. The summed E-state index contributed by atoms with van der Waals surface area (Å²) in [5.41, 5.74) is 1.98. The number of sulfonamides is 1. The molecule has 1 atom stereocenters. The molecule has 4 rings (SSSR count). The number of hydrogen-bond donors (Lipinski definition) is 2. The van der Waals surface area contributed by atoms with Gasteiger partial charge in [-0.2, -0.15) is 4.31 Å². The molecule has 0 bridgehead atoms. The molecule has 33 heavy (non-hydrogen) atoms. The highest BCUT2D eigenvalue weighted by atomic mass is 32.2. The summed E-state index contributed by atoms with van der Waals surface area (Å²) >= 11 is 0. The average Bonchev–Trinajstić information content (AvgIpc) is 3.32. The van der Waals surface area contributed by atoms with Crippen LogP contribution in [0.1, 0.15) is 48.7 Å². The van der Waals surface area contributed by atoms with Crippen molar-refractivity contribution < 1.29 is 18.0 Å². The van der Waals surface area contributed by atoms with Crippen LogP contribution in [-0.2, 0) is 14.8 Å². The third-order valence-electron chi connectivity index (χ3n) is 6.75. The van der Waals surface area contributed by atoms with Gasteiger partial charge in [0.05, 0.1) is 5.92 Å². The summed E-state index contributed by atoms with van der Waals surface area (Å²) in [6.45, 7) is 5.94. The van der Waals surface area contributed by atoms with Crippen molar-refractivity contribution in [3.05, 3.63) is 47.8 Å². The van der Waals surface area contributed by atoms with Crippen LogP contribution in [-0.4, -0.2) is 60.6 Å². The van der Waals surface area contributed by atoms with Gasteiger partial charge >= 0.3 is 0 Å². The molecule has 1 aromatic carbocycles. The topological polar surface area (TPSA) is 103 Å². The molecular weight excluding hydrogens is 440 g/mol. The smallest absolute Gasteiger partial charge is 0.270 e. The monoisotopic (exact) mass is 472 g/mol. The molecule has 0 radical (unpaired) electrons. The Bertz CT molecular complexity index is 1120. The summed E-state index contributed by atoms with van der Waals surface area (Å²) in [7, 11) is -3.81. The van der Waals surface area contributed by atoms with Crippen LogP contribution in [0.3, 0.4) is 0 Å². The maximum Gasteiger partial charge on any atom is 0.270 e. The fourth-order valence-electron chi connectivity index (χ4n) is 4.50. The van der Waals surface area contributed by atoms with Crippen LogP contribution in [0.15, 0.2) is 41.4 Å². The van der Waals surface area contributed by atoms with Crippen LogP contribution in [0.4, 0.5) is 5.69 Å². The van der Waals surface area contributed by atoms with Crippen molar-refractivity contribution in [3.63, 3.8) is 0 Å². The van der Waals surface area contributed by atoms with Gasteiger partial charge in [-0.15, -0.1) is 0 Å². The van der Waals surface area contributed by atoms with Gasteiger partial charge in [-0.3, -0.25) is 9.59 Å². The Morgan fingerprint density at radius 2 is 1.82 bits per heavy atom. The zero-order valence-corrected chi connectivity index (χ0v) is 20.0. The molecule has 0 aliphatic carbocycles. The van der Waals surface area contributed by atoms with Gasteiger partial charge in [0.25, 0.3) is 5.91 Å². The highest BCUT2D eigenvalue weighted by Gasteiger charge is 2.34. The van der Waals surface area contributed by atoms with Crippen molar-refractivity contribution in [1.29, 1.82) is 0 Å². The van der Waals surface area contributed by atoms with Gasteiger partial charge in [0.2, 0.25) is 15.9 Å². The minimum atomic E-state index is -3.81. The lowest BCUT2D eigenvalue weighted by Crippen LogP contribution is -2.43. The van der Waals surface area contributed by atoms with Gasteiger partial charge in [0.15, 0.2) is 0 Å². The molecule has 2 fully saturated rings. The van der Waals surface area contributed by atoms with Crippen LogP contribution in [0.5, 0.6) is 0 Å². The molecule has 0 unspecified atom stereocenters. The quantitative estimate of drug-likeness (QED) is 0.697. The summed E-state index contributed by atoms with van der Waals surface area (Å²) in [6.07, 6.45) is 4.53. The van der Waals surface area contributed by atoms with Crippen LogP contribution >= 0.6 is 0 Å². The number of rotatable bonds is 5. The number of nitrogens with zero attached hydrogens (tertiary/aromatic N) is 2. The molecule has 9 heteroatoms. The number of piperidine rings is 2. The van der Waals surface area contributed by atoms with Crippen molar-refractivity contribution in [2.24, 2.45) is 11.8 Å². The van der Waals surface area contributed by atoms with Gasteiger partial charge in [-0.05, 0) is 56.2 Å². The zero-order valence-electron chi connectivity index (χ0n) is 19.2. The van der Waals surface area contributed by atoms with E-state index in [0.29, 0.717) is 38.4 Å². The number of carbonyl (C=O) groups excluding carboxylic acids is 2. The number of aromatic amines is 1. The Balaban J connectivity index is 1.43. The molecule has 8 nitrogen and oxygen atoms in total. The number of hydrogen-bond acceptors (Lipinski definition) is 4. The van der Waals surface area contributed by atoms with E-state index in [1.54, 1.807) is 4.90 Å². The van der Waals surface area contributed by atoms with E-state index in [2.05, 4.69) is 17.2 Å². The standard InChI is InChI=1S/C24H32N4O4S/c1-17-9-12-27(13-10-17)24(30)22-14-20(15-25-22)33(31,32)28-11-5-7-19(16-28)23(29)26-21-8-4-3-6-18(21)2/h3-4,6,8,14-15,17,19,25H,5,7,9-13,16H2,1-2H3,(H,26,29)/t19-/m0/s1. The predicted molar refractivity (Wildman–Crippen MR) is 126 cm³/mol. The van der Waals surface area contributed by atoms with Gasteiger partial charge in [-0.1, -0.05) is 25.1 Å². The lowest BCUT2D eigenvalue weighted by Gasteiger charge is -2.31. The molecule has 178 valence electrons. The van der Waals surface area contributed by atoms with Crippen LogP contribution in [0, 0.1) is 18.8 Å². The number of benzene rings is 1. The van der Waals surface area contributed by atoms with Crippen molar-refractivity contribution in [3.8, 4) is 0 Å². The first-order chi connectivity index (χ1) is 15.8. The van der Waals surface area contributed by atoms with E-state index in [1.807, 2.05) is 31.2 Å². The normalized spacial score (nSPS) is 20.5. The number of H-pyrrole nitrogens is 1. The van der Waals surface area contributed by atoms with E-state index in [1.165, 1.54) is 16.6 Å². The summed E-state index contributed by atoms with van der Waals surface area (Å²) < 4.78 is 27.9. The van der Waals surface area contributed by atoms with Crippen molar-refractivity contribution in [2.45, 2.75) is 44.4 Å². The SMILES string of the molecule is Cc1ccccc1NC(=O)[C@H]1CCCN(S(=O)(=O)c2c[nH]c(C(=O)N3CCC(C)CC3)c2)C1. The fourth-order valence-corrected chi connectivity index (χ4v) is 6.02. The number of aryl methyl sites for hydroxylation is 1. The number of likely N-dealkylation sites (tertiary alicyclic amines) is 1. The van der Waals surface area contributed by atoms with Gasteiger partial charge < -0.3 is 15.2 Å². The second-order valence-corrected chi connectivity index (χ2v) is 11.2. The Morgan fingerprint density at radius 1 is 1.09 bits per heavy atom. The lowest BCUT2D eigenvalue weighted by atomic mass is 9.98. The second kappa shape index (κ2) is 9.69. The average molecular weight is 473 g/mol. The highest BCUT2D eigenvalue weighted by molar-refractivity contribution is 7.89. The van der Waals surface area contributed by atoms with E-state index in [9.17, 15) is 18.0 Å². The Morgan fingerprint density at radius 3 is 2.55 bits per heavy atom. The first-order valence-corrected chi connectivity index (χ1v) is 13.0. The Kier molecular flexibility index (Phi) is 6.90. The molecule has 2 N–H and O–H groups in total. The molecule has 2 aliphatic heterocycles. The number of para-hydroxylation sites is 1. The molecule has 3 heterocycles. The van der Waals surface area contributed by atoms with Crippen molar-refractivity contribution in [1.82, 2.24) is 14.2 Å². The molecule has 0 spiro atoms. The Labute approximate surface area is 195 Å².